The van der Waals surface area contributed by atoms with Crippen molar-refractivity contribution in [2.24, 2.45) is 4.99 Å². The van der Waals surface area contributed by atoms with Crippen LogP contribution >= 0.6 is 11.8 Å². The predicted octanol–water partition coefficient (Wildman–Crippen LogP) is 4.76. The highest BCUT2D eigenvalue weighted by atomic mass is 32.2. The number of aryl methyl sites for hydroxylation is 2. The van der Waals surface area contributed by atoms with E-state index in [-0.39, 0.29) is 5.91 Å². The van der Waals surface area contributed by atoms with E-state index in [1.807, 2.05) is 55.5 Å². The fourth-order valence-electron chi connectivity index (χ4n) is 2.36. The van der Waals surface area contributed by atoms with Crippen molar-refractivity contribution < 1.29 is 9.53 Å². The van der Waals surface area contributed by atoms with Crippen LogP contribution in [0, 0.1) is 13.8 Å². The van der Waals surface area contributed by atoms with E-state index in [4.69, 9.17) is 4.74 Å². The number of nitrogens with zero attached hydrogens (tertiary/aromatic N) is 1. The summed E-state index contributed by atoms with van der Waals surface area (Å²) in [4.78, 5) is 17.3. The molecular formula is C21H20N2O2S. The van der Waals surface area contributed by atoms with Crippen LogP contribution in [0.5, 0.6) is 5.75 Å². The highest BCUT2D eigenvalue weighted by molar-refractivity contribution is 8.18. The summed E-state index contributed by atoms with van der Waals surface area (Å²) in [6.45, 7) is 8.20. The summed E-state index contributed by atoms with van der Waals surface area (Å²) >= 11 is 1.34. The number of hydrogen-bond donors (Lipinski definition) is 1. The largest absolute Gasteiger partial charge is 0.490 e. The number of carbonyl (C=O) groups excluding carboxylic acids is 1. The Morgan fingerprint density at radius 2 is 1.92 bits per heavy atom. The molecule has 1 heterocycles. The molecule has 2 aromatic rings. The highest BCUT2D eigenvalue weighted by Gasteiger charge is 2.23. The van der Waals surface area contributed by atoms with Gasteiger partial charge in [0.15, 0.2) is 5.17 Å². The second kappa shape index (κ2) is 8.06. The molecule has 0 aromatic heterocycles. The van der Waals surface area contributed by atoms with Gasteiger partial charge in [0.05, 0.1) is 10.6 Å². The van der Waals surface area contributed by atoms with Gasteiger partial charge in [0.1, 0.15) is 12.4 Å². The van der Waals surface area contributed by atoms with E-state index in [1.165, 1.54) is 22.9 Å². The standard InChI is InChI=1S/C21H20N2O2S/c1-4-11-25-18-9-6-16(7-10-18)13-19-20(24)23-21(26-19)22-17-8-5-14(2)15(3)12-17/h4-10,12-13H,1,11H2,2-3H3,(H,22,23,24)/b19-13+. The molecule has 0 saturated carbocycles. The lowest BCUT2D eigenvalue weighted by atomic mass is 10.1. The number of rotatable bonds is 5. The maximum atomic E-state index is 12.2. The molecule has 2 aromatic carbocycles. The third-order valence-corrected chi connectivity index (χ3v) is 4.83. The second-order valence-electron chi connectivity index (χ2n) is 5.92. The summed E-state index contributed by atoms with van der Waals surface area (Å²) in [5.41, 5.74) is 4.16. The third kappa shape index (κ3) is 4.43. The first-order chi connectivity index (χ1) is 12.5. The van der Waals surface area contributed by atoms with Crippen molar-refractivity contribution in [1.82, 2.24) is 5.32 Å². The molecule has 3 rings (SSSR count). The Morgan fingerprint density at radius 3 is 2.62 bits per heavy atom. The van der Waals surface area contributed by atoms with Crippen LogP contribution in [0.1, 0.15) is 16.7 Å². The monoisotopic (exact) mass is 364 g/mol. The summed E-state index contributed by atoms with van der Waals surface area (Å²) in [5.74, 6) is 0.636. The Morgan fingerprint density at radius 1 is 1.15 bits per heavy atom. The number of aliphatic imine (C=N–C) groups is 1. The van der Waals surface area contributed by atoms with E-state index in [1.54, 1.807) is 6.08 Å². The van der Waals surface area contributed by atoms with Crippen LogP contribution in [0.25, 0.3) is 6.08 Å². The first-order valence-corrected chi connectivity index (χ1v) is 9.07. The molecule has 0 unspecified atom stereocenters. The van der Waals surface area contributed by atoms with Crippen LogP contribution in [-0.4, -0.2) is 17.7 Å². The van der Waals surface area contributed by atoms with Crippen molar-refractivity contribution in [3.8, 4) is 5.75 Å². The van der Waals surface area contributed by atoms with Crippen LogP contribution in [0.3, 0.4) is 0 Å². The summed E-state index contributed by atoms with van der Waals surface area (Å²) in [6.07, 6.45) is 3.55. The van der Waals surface area contributed by atoms with Gasteiger partial charge in [-0.25, -0.2) is 4.99 Å². The van der Waals surface area contributed by atoms with Gasteiger partial charge in [-0.1, -0.05) is 30.9 Å². The smallest absolute Gasteiger partial charge is 0.264 e. The van der Waals surface area contributed by atoms with E-state index >= 15 is 0 Å². The molecule has 1 aliphatic rings. The minimum Gasteiger partial charge on any atom is -0.490 e. The zero-order valence-corrected chi connectivity index (χ0v) is 15.6. The van der Waals surface area contributed by atoms with E-state index in [2.05, 4.69) is 23.8 Å². The van der Waals surface area contributed by atoms with Gasteiger partial charge in [-0.15, -0.1) is 0 Å². The summed E-state index contributed by atoms with van der Waals surface area (Å²) in [6, 6.07) is 13.6. The summed E-state index contributed by atoms with van der Waals surface area (Å²) < 4.78 is 5.46. The van der Waals surface area contributed by atoms with Crippen molar-refractivity contribution >= 4 is 34.6 Å². The van der Waals surface area contributed by atoms with Crippen molar-refractivity contribution in [3.05, 3.63) is 76.7 Å². The number of carbonyl (C=O) groups is 1. The molecule has 1 amide bonds. The van der Waals surface area contributed by atoms with Crippen LogP contribution in [0.4, 0.5) is 5.69 Å². The maximum Gasteiger partial charge on any atom is 0.264 e. The Hall–Kier alpha value is -2.79. The van der Waals surface area contributed by atoms with Gasteiger partial charge >= 0.3 is 0 Å². The molecule has 0 bridgehead atoms. The summed E-state index contributed by atoms with van der Waals surface area (Å²) in [5, 5.41) is 3.41. The molecule has 0 radical (unpaired) electrons. The maximum absolute atomic E-state index is 12.2. The van der Waals surface area contributed by atoms with Gasteiger partial charge in [-0.3, -0.25) is 4.79 Å². The van der Waals surface area contributed by atoms with Crippen molar-refractivity contribution in [3.63, 3.8) is 0 Å². The number of amidine groups is 1. The van der Waals surface area contributed by atoms with Crippen LogP contribution in [-0.2, 0) is 4.79 Å². The van der Waals surface area contributed by atoms with Gasteiger partial charge < -0.3 is 10.1 Å². The van der Waals surface area contributed by atoms with Crippen molar-refractivity contribution in [2.75, 3.05) is 6.61 Å². The topological polar surface area (TPSA) is 50.7 Å². The Bertz CT molecular complexity index is 899. The molecule has 1 saturated heterocycles. The molecule has 1 N–H and O–H groups in total. The van der Waals surface area contributed by atoms with E-state index in [0.717, 1.165) is 17.0 Å². The van der Waals surface area contributed by atoms with Gasteiger partial charge in [0.25, 0.3) is 5.91 Å². The molecular weight excluding hydrogens is 344 g/mol. The molecule has 132 valence electrons. The molecule has 5 heteroatoms. The lowest BCUT2D eigenvalue weighted by Crippen LogP contribution is -2.19. The Kier molecular flexibility index (Phi) is 5.58. The van der Waals surface area contributed by atoms with Crippen molar-refractivity contribution in [1.29, 1.82) is 0 Å². The fourth-order valence-corrected chi connectivity index (χ4v) is 3.20. The van der Waals surface area contributed by atoms with Gasteiger partial charge in [0.2, 0.25) is 0 Å². The number of amides is 1. The van der Waals surface area contributed by atoms with Gasteiger partial charge in [-0.2, -0.15) is 0 Å². The molecule has 0 aliphatic carbocycles. The fraction of sp³-hybridized carbons (Fsp3) is 0.143. The van der Waals surface area contributed by atoms with E-state index < -0.39 is 0 Å². The number of ether oxygens (including phenoxy) is 1. The normalized spacial score (nSPS) is 16.8. The first kappa shape index (κ1) is 18.0. The minimum absolute atomic E-state index is 0.135. The second-order valence-corrected chi connectivity index (χ2v) is 6.95. The predicted molar refractivity (Wildman–Crippen MR) is 109 cm³/mol. The average molecular weight is 364 g/mol. The molecule has 0 spiro atoms. The van der Waals surface area contributed by atoms with Gasteiger partial charge in [-0.05, 0) is 72.6 Å². The number of nitrogens with one attached hydrogen (secondary N) is 1. The minimum atomic E-state index is -0.135. The number of thioether (sulfide) groups is 1. The van der Waals surface area contributed by atoms with Crippen LogP contribution in [0.2, 0.25) is 0 Å². The average Bonchev–Trinajstić information content (AvgIpc) is 2.96. The Balaban J connectivity index is 1.74. The van der Waals surface area contributed by atoms with Crippen molar-refractivity contribution in [2.45, 2.75) is 13.8 Å². The van der Waals surface area contributed by atoms with E-state index in [0.29, 0.717) is 16.7 Å². The SMILES string of the molecule is C=CCOc1ccc(/C=C2/SC(=Nc3ccc(C)c(C)c3)NC2=O)cc1. The molecule has 26 heavy (non-hydrogen) atoms. The first-order valence-electron chi connectivity index (χ1n) is 8.26. The molecule has 1 aliphatic heterocycles. The summed E-state index contributed by atoms with van der Waals surface area (Å²) in [7, 11) is 0. The molecule has 1 fully saturated rings. The number of hydrogen-bond acceptors (Lipinski definition) is 4. The number of benzene rings is 2. The zero-order chi connectivity index (χ0) is 18.5. The lowest BCUT2D eigenvalue weighted by Gasteiger charge is -2.03. The quantitative estimate of drug-likeness (QED) is 0.615. The molecule has 0 atom stereocenters. The van der Waals surface area contributed by atoms with E-state index in [9.17, 15) is 4.79 Å². The molecule has 4 nitrogen and oxygen atoms in total. The Labute approximate surface area is 157 Å². The third-order valence-electron chi connectivity index (χ3n) is 3.92. The lowest BCUT2D eigenvalue weighted by molar-refractivity contribution is -0.115. The van der Waals surface area contributed by atoms with Gasteiger partial charge in [0, 0.05) is 0 Å². The van der Waals surface area contributed by atoms with Crippen LogP contribution < -0.4 is 10.1 Å². The van der Waals surface area contributed by atoms with Crippen LogP contribution in [0.15, 0.2) is 65.0 Å². The highest BCUT2D eigenvalue weighted by Crippen LogP contribution is 2.29. The zero-order valence-electron chi connectivity index (χ0n) is 14.8.